The highest BCUT2D eigenvalue weighted by molar-refractivity contribution is 7.92. The second kappa shape index (κ2) is 17.0. The largest absolute Gasteiger partial charge is 0.490 e. The number of amides is 2. The third kappa shape index (κ3) is 8.77. The molecule has 0 unspecified atom stereocenters. The molecule has 1 aliphatic heterocycles. The summed E-state index contributed by atoms with van der Waals surface area (Å²) >= 11 is 6.46. The monoisotopic (exact) mass is 809 g/mol. The van der Waals surface area contributed by atoms with Gasteiger partial charge in [0.05, 0.1) is 31.3 Å². The summed E-state index contributed by atoms with van der Waals surface area (Å²) in [4.78, 5) is 42.0. The number of methoxy groups -OCH3 is 2. The van der Waals surface area contributed by atoms with Gasteiger partial charge in [-0.05, 0) is 92.3 Å². The standard InChI is InChI=1S/C41H52ClN5O8S/c1-8-36(55-27(4)48)25(2)22-56(51,45-39(50)33-21-46(5)43-40(33)53-7)44-38(49)29-12-16-37-35(19-29)47(20-30-11-14-32(30)26(3)52-6)23-41(24-54-37)17-9-10-28-18-31(42)13-15-34(28)41/h8,12-13,15-16,18-19,21,25-26,30,32,36H,1,9-11,14,17,20,22-24H2,2-7H3,(H,44,45,49,50,51)/t25-,26+,30+,32+,36+,41+,56+/m1/s1. The maximum atomic E-state index is 14.7. The van der Waals surface area contributed by atoms with E-state index in [1.165, 1.54) is 42.1 Å². The van der Waals surface area contributed by atoms with Crippen molar-refractivity contribution in [2.24, 2.45) is 29.2 Å². The number of ether oxygens (including phenoxy) is 4. The van der Waals surface area contributed by atoms with Crippen LogP contribution >= 0.6 is 11.6 Å². The lowest BCUT2D eigenvalue weighted by molar-refractivity contribution is -0.145. The summed E-state index contributed by atoms with van der Waals surface area (Å²) in [5.41, 5.74) is 3.06. The molecule has 2 heterocycles. The van der Waals surface area contributed by atoms with Gasteiger partial charge >= 0.3 is 5.97 Å². The van der Waals surface area contributed by atoms with Gasteiger partial charge in [-0.3, -0.25) is 23.8 Å². The van der Waals surface area contributed by atoms with Gasteiger partial charge in [0.2, 0.25) is 5.88 Å². The molecule has 15 heteroatoms. The Balaban J connectivity index is 1.38. The van der Waals surface area contributed by atoms with Crippen molar-refractivity contribution in [2.45, 2.75) is 70.5 Å². The molecule has 0 bridgehead atoms. The van der Waals surface area contributed by atoms with Gasteiger partial charge < -0.3 is 23.8 Å². The van der Waals surface area contributed by atoms with Crippen LogP contribution in [0.25, 0.3) is 0 Å². The van der Waals surface area contributed by atoms with Crippen LogP contribution in [0.4, 0.5) is 5.69 Å². The van der Waals surface area contributed by atoms with Crippen LogP contribution in [-0.2, 0) is 43.1 Å². The average molecular weight is 810 g/mol. The van der Waals surface area contributed by atoms with Crippen LogP contribution in [0, 0.1) is 17.8 Å². The second-order valence-electron chi connectivity index (χ2n) is 15.4. The molecule has 1 saturated carbocycles. The predicted molar refractivity (Wildman–Crippen MR) is 215 cm³/mol. The van der Waals surface area contributed by atoms with Crippen LogP contribution in [0.2, 0.25) is 5.02 Å². The number of carbonyl (C=O) groups excluding carboxylic acids is 3. The topological polar surface area (TPSA) is 151 Å². The molecule has 2 amide bonds. The van der Waals surface area contributed by atoms with Crippen molar-refractivity contribution < 1.29 is 37.5 Å². The first-order valence-corrected chi connectivity index (χ1v) is 21.1. The molecule has 2 aliphatic carbocycles. The van der Waals surface area contributed by atoms with E-state index in [1.807, 2.05) is 6.07 Å². The Hall–Kier alpha value is -4.40. The first-order valence-electron chi connectivity index (χ1n) is 19.0. The zero-order chi connectivity index (χ0) is 40.4. The van der Waals surface area contributed by atoms with Crippen LogP contribution in [0.1, 0.15) is 78.3 Å². The Morgan fingerprint density at radius 3 is 2.66 bits per heavy atom. The van der Waals surface area contributed by atoms with Crippen molar-refractivity contribution in [2.75, 3.05) is 44.6 Å². The number of nitrogens with one attached hydrogen (secondary N) is 1. The van der Waals surface area contributed by atoms with Gasteiger partial charge in [-0.15, -0.1) is 9.46 Å². The third-order valence-corrected chi connectivity index (χ3v) is 13.7. The van der Waals surface area contributed by atoms with E-state index in [4.69, 9.17) is 30.5 Å². The van der Waals surface area contributed by atoms with Crippen molar-refractivity contribution >= 4 is 45.0 Å². The van der Waals surface area contributed by atoms with E-state index in [2.05, 4.69) is 44.7 Å². The molecular formula is C41H52ClN5O8S. The lowest BCUT2D eigenvalue weighted by Gasteiger charge is -2.45. The van der Waals surface area contributed by atoms with Gasteiger partial charge in [-0.25, -0.2) is 4.21 Å². The van der Waals surface area contributed by atoms with E-state index in [0.29, 0.717) is 35.8 Å². The number of anilines is 1. The van der Waals surface area contributed by atoms with Gasteiger partial charge in [-0.1, -0.05) is 37.2 Å². The van der Waals surface area contributed by atoms with Crippen LogP contribution in [0.5, 0.6) is 11.6 Å². The van der Waals surface area contributed by atoms with Crippen LogP contribution in [-0.4, -0.2) is 83.6 Å². The highest BCUT2D eigenvalue weighted by atomic mass is 35.5. The average Bonchev–Trinajstić information content (AvgIpc) is 3.47. The molecule has 0 radical (unpaired) electrons. The van der Waals surface area contributed by atoms with Gasteiger partial charge in [0.15, 0.2) is 0 Å². The van der Waals surface area contributed by atoms with Crippen LogP contribution in [0.15, 0.2) is 59.6 Å². The summed E-state index contributed by atoms with van der Waals surface area (Å²) in [7, 11) is 0.869. The maximum Gasteiger partial charge on any atom is 0.303 e. The minimum Gasteiger partial charge on any atom is -0.490 e. The van der Waals surface area contributed by atoms with Crippen molar-refractivity contribution in [3.63, 3.8) is 0 Å². The Morgan fingerprint density at radius 1 is 1.20 bits per heavy atom. The highest BCUT2D eigenvalue weighted by Crippen LogP contribution is 2.47. The number of carbonyl (C=O) groups is 3. The number of nitrogens with zero attached hydrogens (tertiary/aromatic N) is 4. The van der Waals surface area contributed by atoms with E-state index in [1.54, 1.807) is 39.3 Å². The van der Waals surface area contributed by atoms with Gasteiger partial charge in [0.25, 0.3) is 11.8 Å². The molecule has 1 aromatic heterocycles. The molecule has 1 fully saturated rings. The highest BCUT2D eigenvalue weighted by Gasteiger charge is 2.44. The fourth-order valence-electron chi connectivity index (χ4n) is 8.45. The number of rotatable bonds is 13. The zero-order valence-corrected chi connectivity index (χ0v) is 34.5. The molecule has 2 aromatic carbocycles. The van der Waals surface area contributed by atoms with E-state index >= 15 is 0 Å². The quantitative estimate of drug-likeness (QED) is 0.153. The molecule has 1 spiro atoms. The number of aryl methyl sites for hydroxylation is 2. The molecule has 6 rings (SSSR count). The summed E-state index contributed by atoms with van der Waals surface area (Å²) < 4.78 is 45.9. The number of aromatic nitrogens is 2. The number of fused-ring (bicyclic) bond motifs is 3. The Bertz CT molecular complexity index is 2110. The minimum absolute atomic E-state index is 0.00804. The van der Waals surface area contributed by atoms with Crippen molar-refractivity contribution in [3.05, 3.63) is 82.5 Å². The summed E-state index contributed by atoms with van der Waals surface area (Å²) in [6.45, 7) is 10.6. The van der Waals surface area contributed by atoms with Crippen LogP contribution < -0.4 is 19.1 Å². The normalized spacial score (nSPS) is 22.7. The lowest BCUT2D eigenvalue weighted by Crippen LogP contribution is -2.49. The van der Waals surface area contributed by atoms with Crippen molar-refractivity contribution in [3.8, 4) is 11.6 Å². The Labute approximate surface area is 334 Å². The van der Waals surface area contributed by atoms with Crippen molar-refractivity contribution in [1.29, 1.82) is 0 Å². The van der Waals surface area contributed by atoms with Gasteiger partial charge in [-0.2, -0.15) is 0 Å². The summed E-state index contributed by atoms with van der Waals surface area (Å²) in [5, 5.41) is 4.83. The van der Waals surface area contributed by atoms with Gasteiger partial charge in [0.1, 0.15) is 27.3 Å². The number of hydrogen-bond acceptors (Lipinski definition) is 10. The smallest absolute Gasteiger partial charge is 0.303 e. The molecule has 56 heavy (non-hydrogen) atoms. The molecule has 302 valence electrons. The second-order valence-corrected chi connectivity index (χ2v) is 17.8. The summed E-state index contributed by atoms with van der Waals surface area (Å²) in [6, 6.07) is 11.3. The van der Waals surface area contributed by atoms with Crippen molar-refractivity contribution in [1.82, 2.24) is 14.5 Å². The maximum absolute atomic E-state index is 14.7. The Morgan fingerprint density at radius 2 is 1.98 bits per heavy atom. The molecule has 3 aliphatic rings. The number of esters is 1. The fourth-order valence-corrected chi connectivity index (χ4v) is 10.5. The van der Waals surface area contributed by atoms with E-state index < -0.39 is 39.7 Å². The molecule has 0 saturated heterocycles. The minimum atomic E-state index is -3.85. The number of hydrogen-bond donors (Lipinski definition) is 1. The number of halogens is 1. The third-order valence-electron chi connectivity index (χ3n) is 11.5. The zero-order valence-electron chi connectivity index (χ0n) is 32.9. The fraction of sp³-hybridized carbons (Fsp3) is 0.512. The first-order chi connectivity index (χ1) is 26.7. The molecule has 7 atom stereocenters. The molecule has 13 nitrogen and oxygen atoms in total. The Kier molecular flexibility index (Phi) is 12.5. The lowest BCUT2D eigenvalue weighted by atomic mass is 9.68. The number of benzene rings is 2. The first kappa shape index (κ1) is 41.2. The van der Waals surface area contributed by atoms with E-state index in [9.17, 15) is 18.6 Å². The predicted octanol–water partition coefficient (Wildman–Crippen LogP) is 6.32. The molecular weight excluding hydrogens is 758 g/mol. The van der Waals surface area contributed by atoms with Crippen LogP contribution in [0.3, 0.4) is 0 Å². The SMILES string of the molecule is C=C[C@H](OC(C)=O)[C@H](C)C[S@](=O)(=NC(=O)c1ccc2c(c1)N(C[C@@H]1CC[C@H]1[C@H](C)OC)C[C@@]1(CCCc3cc(Cl)ccc31)CO2)NC(=O)c1cn(C)nc1OC. The molecule has 1 N–H and O–H groups in total. The molecule has 3 aromatic rings. The summed E-state index contributed by atoms with van der Waals surface area (Å²) in [5.74, 6) is -1.74. The van der Waals surface area contributed by atoms with Gasteiger partial charge in [0, 0.05) is 62.3 Å². The van der Waals surface area contributed by atoms with E-state index in [-0.39, 0.29) is 34.3 Å². The van der Waals surface area contributed by atoms with E-state index in [0.717, 1.165) is 44.3 Å². The summed E-state index contributed by atoms with van der Waals surface area (Å²) in [6.07, 6.45) is 7.06.